The second-order valence-electron chi connectivity index (χ2n) is 3.05. The SMILES string of the molecule is CC(NC(=O)CCc1nccs1)C(=O)O. The van der Waals surface area contributed by atoms with Crippen LogP contribution in [0.15, 0.2) is 11.6 Å². The highest BCUT2D eigenvalue weighted by Gasteiger charge is 2.13. The van der Waals surface area contributed by atoms with Gasteiger partial charge < -0.3 is 10.4 Å². The quantitative estimate of drug-likeness (QED) is 0.776. The van der Waals surface area contributed by atoms with E-state index in [9.17, 15) is 9.59 Å². The zero-order chi connectivity index (χ0) is 11.3. The molecule has 0 aromatic carbocycles. The molecule has 1 aromatic heterocycles. The van der Waals surface area contributed by atoms with Gasteiger partial charge in [-0.3, -0.25) is 9.59 Å². The number of aliphatic carboxylic acids is 1. The summed E-state index contributed by atoms with van der Waals surface area (Å²) < 4.78 is 0. The molecular weight excluding hydrogens is 216 g/mol. The van der Waals surface area contributed by atoms with Gasteiger partial charge in [-0.2, -0.15) is 0 Å². The van der Waals surface area contributed by atoms with E-state index in [4.69, 9.17) is 5.11 Å². The Kier molecular flexibility index (Phi) is 4.23. The van der Waals surface area contributed by atoms with Gasteiger partial charge in [0, 0.05) is 24.4 Å². The molecule has 1 heterocycles. The van der Waals surface area contributed by atoms with Gasteiger partial charge in [0.05, 0.1) is 5.01 Å². The minimum atomic E-state index is -1.03. The summed E-state index contributed by atoms with van der Waals surface area (Å²) in [5, 5.41) is 13.7. The van der Waals surface area contributed by atoms with Crippen LogP contribution < -0.4 is 5.32 Å². The molecule has 5 nitrogen and oxygen atoms in total. The van der Waals surface area contributed by atoms with E-state index in [1.165, 1.54) is 18.3 Å². The van der Waals surface area contributed by atoms with Gasteiger partial charge in [-0.1, -0.05) is 0 Å². The van der Waals surface area contributed by atoms with E-state index in [2.05, 4.69) is 10.3 Å². The second-order valence-corrected chi connectivity index (χ2v) is 4.03. The normalized spacial score (nSPS) is 12.1. The number of aryl methyl sites for hydroxylation is 1. The van der Waals surface area contributed by atoms with Crippen LogP contribution in [0.1, 0.15) is 18.4 Å². The lowest BCUT2D eigenvalue weighted by Crippen LogP contribution is -2.38. The monoisotopic (exact) mass is 228 g/mol. The first-order valence-electron chi connectivity index (χ1n) is 4.50. The number of rotatable bonds is 5. The van der Waals surface area contributed by atoms with E-state index in [0.29, 0.717) is 6.42 Å². The average molecular weight is 228 g/mol. The Balaban J connectivity index is 2.28. The van der Waals surface area contributed by atoms with E-state index in [1.54, 1.807) is 6.20 Å². The largest absolute Gasteiger partial charge is 0.480 e. The summed E-state index contributed by atoms with van der Waals surface area (Å²) in [5.41, 5.74) is 0. The zero-order valence-electron chi connectivity index (χ0n) is 8.27. The Morgan fingerprint density at radius 2 is 2.40 bits per heavy atom. The zero-order valence-corrected chi connectivity index (χ0v) is 9.08. The Morgan fingerprint density at radius 3 is 2.93 bits per heavy atom. The molecular formula is C9H12N2O3S. The summed E-state index contributed by atoms with van der Waals surface area (Å²) >= 11 is 1.48. The molecule has 0 aliphatic carbocycles. The van der Waals surface area contributed by atoms with Crippen molar-refractivity contribution in [3.05, 3.63) is 16.6 Å². The molecule has 0 saturated heterocycles. The highest BCUT2D eigenvalue weighted by atomic mass is 32.1. The maximum absolute atomic E-state index is 11.3. The highest BCUT2D eigenvalue weighted by Crippen LogP contribution is 2.06. The molecule has 0 radical (unpaired) electrons. The predicted octanol–water partition coefficient (Wildman–Crippen LogP) is 0.665. The number of carboxylic acids is 1. The minimum Gasteiger partial charge on any atom is -0.480 e. The van der Waals surface area contributed by atoms with Crippen LogP contribution in [-0.4, -0.2) is 28.0 Å². The van der Waals surface area contributed by atoms with Crippen molar-refractivity contribution in [2.24, 2.45) is 0 Å². The summed E-state index contributed by atoms with van der Waals surface area (Å²) in [5.74, 6) is -1.29. The van der Waals surface area contributed by atoms with Gasteiger partial charge in [-0.05, 0) is 6.92 Å². The van der Waals surface area contributed by atoms with Crippen LogP contribution in [0.3, 0.4) is 0 Å². The lowest BCUT2D eigenvalue weighted by Gasteiger charge is -2.08. The summed E-state index contributed by atoms with van der Waals surface area (Å²) in [6.07, 6.45) is 2.50. The Bertz CT molecular complexity index is 337. The molecule has 1 atom stereocenters. The van der Waals surface area contributed by atoms with Crippen molar-refractivity contribution in [2.45, 2.75) is 25.8 Å². The van der Waals surface area contributed by atoms with Crippen molar-refractivity contribution in [3.63, 3.8) is 0 Å². The summed E-state index contributed by atoms with van der Waals surface area (Å²) in [6.45, 7) is 1.43. The van der Waals surface area contributed by atoms with Crippen LogP contribution in [0, 0.1) is 0 Å². The molecule has 2 N–H and O–H groups in total. The van der Waals surface area contributed by atoms with Gasteiger partial charge >= 0.3 is 5.97 Å². The summed E-state index contributed by atoms with van der Waals surface area (Å²) in [6, 6.07) is -0.839. The number of carbonyl (C=O) groups is 2. The van der Waals surface area contributed by atoms with E-state index in [0.717, 1.165) is 5.01 Å². The lowest BCUT2D eigenvalue weighted by molar-refractivity contribution is -0.141. The van der Waals surface area contributed by atoms with Gasteiger partial charge in [0.2, 0.25) is 5.91 Å². The fourth-order valence-electron chi connectivity index (χ4n) is 0.972. The highest BCUT2D eigenvalue weighted by molar-refractivity contribution is 7.09. The van der Waals surface area contributed by atoms with Crippen molar-refractivity contribution in [1.29, 1.82) is 0 Å². The molecule has 1 amide bonds. The van der Waals surface area contributed by atoms with Gasteiger partial charge in [0.25, 0.3) is 0 Å². The van der Waals surface area contributed by atoms with Crippen molar-refractivity contribution in [3.8, 4) is 0 Å². The average Bonchev–Trinajstić information content (AvgIpc) is 2.66. The predicted molar refractivity (Wildman–Crippen MR) is 55.7 cm³/mol. The molecule has 0 aliphatic rings. The molecule has 1 rings (SSSR count). The first-order chi connectivity index (χ1) is 7.09. The number of nitrogens with zero attached hydrogens (tertiary/aromatic N) is 1. The number of aromatic nitrogens is 1. The van der Waals surface area contributed by atoms with Gasteiger partial charge in [0.1, 0.15) is 6.04 Å². The van der Waals surface area contributed by atoms with E-state index in [-0.39, 0.29) is 12.3 Å². The van der Waals surface area contributed by atoms with Crippen molar-refractivity contribution in [2.75, 3.05) is 0 Å². The number of hydrogen-bond donors (Lipinski definition) is 2. The number of hydrogen-bond acceptors (Lipinski definition) is 4. The third-order valence-corrected chi connectivity index (χ3v) is 2.64. The number of amides is 1. The van der Waals surface area contributed by atoms with Gasteiger partial charge in [-0.15, -0.1) is 11.3 Å². The molecule has 1 unspecified atom stereocenters. The molecule has 0 spiro atoms. The van der Waals surface area contributed by atoms with E-state index >= 15 is 0 Å². The van der Waals surface area contributed by atoms with Crippen molar-refractivity contribution in [1.82, 2.24) is 10.3 Å². The molecule has 6 heteroatoms. The van der Waals surface area contributed by atoms with E-state index < -0.39 is 12.0 Å². The molecule has 0 bridgehead atoms. The summed E-state index contributed by atoms with van der Waals surface area (Å²) in [4.78, 5) is 25.7. The second kappa shape index (κ2) is 5.45. The lowest BCUT2D eigenvalue weighted by atomic mass is 10.2. The number of carbonyl (C=O) groups excluding carboxylic acids is 1. The van der Waals surface area contributed by atoms with Crippen LogP contribution in [0.25, 0.3) is 0 Å². The maximum Gasteiger partial charge on any atom is 0.325 e. The first kappa shape index (κ1) is 11.6. The fraction of sp³-hybridized carbons (Fsp3) is 0.444. The number of thiazole rings is 1. The first-order valence-corrected chi connectivity index (χ1v) is 5.38. The van der Waals surface area contributed by atoms with Gasteiger partial charge in [-0.25, -0.2) is 4.98 Å². The molecule has 1 aromatic rings. The third-order valence-electron chi connectivity index (χ3n) is 1.80. The Hall–Kier alpha value is -1.43. The van der Waals surface area contributed by atoms with Crippen LogP contribution in [0.5, 0.6) is 0 Å². The molecule has 0 fully saturated rings. The van der Waals surface area contributed by atoms with Crippen LogP contribution >= 0.6 is 11.3 Å². The molecule has 0 aliphatic heterocycles. The Morgan fingerprint density at radius 1 is 1.67 bits per heavy atom. The number of nitrogens with one attached hydrogen (secondary N) is 1. The fourth-order valence-corrected chi connectivity index (χ4v) is 1.59. The van der Waals surface area contributed by atoms with Gasteiger partial charge in [0.15, 0.2) is 0 Å². The number of carboxylic acid groups (broad SMARTS) is 1. The summed E-state index contributed by atoms with van der Waals surface area (Å²) in [7, 11) is 0. The molecule has 15 heavy (non-hydrogen) atoms. The van der Waals surface area contributed by atoms with Crippen LogP contribution in [0.4, 0.5) is 0 Å². The third kappa shape index (κ3) is 4.07. The van der Waals surface area contributed by atoms with E-state index in [1.807, 2.05) is 5.38 Å². The van der Waals surface area contributed by atoms with Crippen molar-refractivity contribution >= 4 is 23.2 Å². The van der Waals surface area contributed by atoms with Crippen molar-refractivity contribution < 1.29 is 14.7 Å². The topological polar surface area (TPSA) is 79.3 Å². The smallest absolute Gasteiger partial charge is 0.325 e. The molecule has 82 valence electrons. The van der Waals surface area contributed by atoms with Crippen LogP contribution in [-0.2, 0) is 16.0 Å². The standard InChI is InChI=1S/C9H12N2O3S/c1-6(9(13)14)11-7(12)2-3-8-10-4-5-15-8/h4-6H,2-3H2,1H3,(H,11,12)(H,13,14). The minimum absolute atomic E-state index is 0.264. The maximum atomic E-state index is 11.3. The molecule has 0 saturated carbocycles. The van der Waals surface area contributed by atoms with Crippen LogP contribution in [0.2, 0.25) is 0 Å². The Labute approximate surface area is 91.1 Å².